The molecular weight excluding hydrogens is 274 g/mol. The highest BCUT2D eigenvalue weighted by Crippen LogP contribution is 2.28. The van der Waals surface area contributed by atoms with Crippen LogP contribution >= 0.6 is 15.9 Å². The van der Waals surface area contributed by atoms with E-state index in [0.717, 1.165) is 11.6 Å². The second kappa shape index (κ2) is 4.34. The number of halogens is 3. The summed E-state index contributed by atoms with van der Waals surface area (Å²) in [7, 11) is 0. The fraction of sp³-hybridized carbons (Fsp3) is 0.0769. The molecule has 0 heterocycles. The summed E-state index contributed by atoms with van der Waals surface area (Å²) >= 11 is 2.95. The molecule has 0 aromatic heterocycles. The molecule has 3 heteroatoms. The van der Waals surface area contributed by atoms with E-state index in [4.69, 9.17) is 0 Å². The second-order valence-electron chi connectivity index (χ2n) is 3.61. The molecule has 0 aliphatic heterocycles. The molecule has 16 heavy (non-hydrogen) atoms. The number of benzene rings is 2. The zero-order valence-electron chi connectivity index (χ0n) is 8.60. The fourth-order valence-electron chi connectivity index (χ4n) is 1.48. The van der Waals surface area contributed by atoms with Crippen LogP contribution in [0, 0.1) is 18.6 Å². The summed E-state index contributed by atoms with van der Waals surface area (Å²) < 4.78 is 27.1. The Hall–Kier alpha value is -1.22. The third-order valence-corrected chi connectivity index (χ3v) is 2.98. The van der Waals surface area contributed by atoms with Gasteiger partial charge in [0.1, 0.15) is 11.6 Å². The minimum absolute atomic E-state index is 0.140. The molecule has 0 bridgehead atoms. The molecule has 2 aromatic carbocycles. The molecule has 0 saturated heterocycles. The zero-order valence-corrected chi connectivity index (χ0v) is 10.2. The van der Waals surface area contributed by atoms with Crippen molar-refractivity contribution in [2.45, 2.75) is 6.92 Å². The van der Waals surface area contributed by atoms with Crippen LogP contribution in [0.3, 0.4) is 0 Å². The van der Waals surface area contributed by atoms with Crippen LogP contribution < -0.4 is 0 Å². The largest absolute Gasteiger partial charge is 0.206 e. The van der Waals surface area contributed by atoms with E-state index in [0.29, 0.717) is 5.56 Å². The van der Waals surface area contributed by atoms with Gasteiger partial charge in [0.2, 0.25) is 0 Å². The first-order valence-electron chi connectivity index (χ1n) is 4.79. The lowest BCUT2D eigenvalue weighted by Gasteiger charge is -2.05. The second-order valence-corrected chi connectivity index (χ2v) is 4.47. The van der Waals surface area contributed by atoms with Crippen LogP contribution in [-0.4, -0.2) is 0 Å². The number of aryl methyl sites for hydroxylation is 1. The smallest absolute Gasteiger partial charge is 0.138 e. The van der Waals surface area contributed by atoms with E-state index in [2.05, 4.69) is 15.9 Å². The maximum atomic E-state index is 13.6. The van der Waals surface area contributed by atoms with Crippen molar-refractivity contribution >= 4 is 15.9 Å². The first-order chi connectivity index (χ1) is 7.58. The molecule has 0 fully saturated rings. The Morgan fingerprint density at radius 3 is 2.19 bits per heavy atom. The molecule has 0 N–H and O–H groups in total. The Morgan fingerprint density at radius 1 is 0.938 bits per heavy atom. The van der Waals surface area contributed by atoms with Gasteiger partial charge in [0.15, 0.2) is 0 Å². The summed E-state index contributed by atoms with van der Waals surface area (Å²) in [5.41, 5.74) is 2.04. The van der Waals surface area contributed by atoms with Gasteiger partial charge in [-0.25, -0.2) is 8.78 Å². The van der Waals surface area contributed by atoms with Gasteiger partial charge in [0.05, 0.1) is 4.47 Å². The van der Waals surface area contributed by atoms with Crippen molar-refractivity contribution in [2.75, 3.05) is 0 Å². The number of rotatable bonds is 1. The SMILES string of the molecule is Cc1ccc(-c2cc(F)c(Br)cc2F)cc1. The lowest BCUT2D eigenvalue weighted by molar-refractivity contribution is 0.597. The van der Waals surface area contributed by atoms with E-state index in [-0.39, 0.29) is 10.0 Å². The summed E-state index contributed by atoms with van der Waals surface area (Å²) in [6.45, 7) is 1.95. The standard InChI is InChI=1S/C13H9BrF2/c1-8-2-4-9(5-3-8)10-6-13(16)11(14)7-12(10)15/h2-7H,1H3. The molecule has 0 nitrogen and oxygen atoms in total. The predicted octanol–water partition coefficient (Wildman–Crippen LogP) is 4.70. The van der Waals surface area contributed by atoms with Gasteiger partial charge in [0.25, 0.3) is 0 Å². The van der Waals surface area contributed by atoms with E-state index in [9.17, 15) is 8.78 Å². The van der Waals surface area contributed by atoms with Crippen LogP contribution in [0.4, 0.5) is 8.78 Å². The molecule has 0 spiro atoms. The lowest BCUT2D eigenvalue weighted by atomic mass is 10.0. The van der Waals surface area contributed by atoms with Gasteiger partial charge in [-0.15, -0.1) is 0 Å². The molecule has 2 rings (SSSR count). The highest BCUT2D eigenvalue weighted by molar-refractivity contribution is 9.10. The highest BCUT2D eigenvalue weighted by atomic mass is 79.9. The predicted molar refractivity (Wildman–Crippen MR) is 64.2 cm³/mol. The topological polar surface area (TPSA) is 0 Å². The summed E-state index contributed by atoms with van der Waals surface area (Å²) in [6.07, 6.45) is 0. The van der Waals surface area contributed by atoms with Crippen LogP contribution in [-0.2, 0) is 0 Å². The van der Waals surface area contributed by atoms with Gasteiger partial charge >= 0.3 is 0 Å². The lowest BCUT2D eigenvalue weighted by Crippen LogP contribution is -1.88. The number of hydrogen-bond donors (Lipinski definition) is 0. The molecular formula is C13H9BrF2. The summed E-state index contributed by atoms with van der Waals surface area (Å²) in [5.74, 6) is -0.894. The van der Waals surface area contributed by atoms with E-state index < -0.39 is 11.6 Å². The van der Waals surface area contributed by atoms with Gasteiger partial charge < -0.3 is 0 Å². The average Bonchev–Trinajstić information content (AvgIpc) is 2.25. The van der Waals surface area contributed by atoms with Crippen LogP contribution in [0.2, 0.25) is 0 Å². The monoisotopic (exact) mass is 282 g/mol. The molecule has 0 amide bonds. The van der Waals surface area contributed by atoms with Crippen molar-refractivity contribution in [3.8, 4) is 11.1 Å². The van der Waals surface area contributed by atoms with Gasteiger partial charge in [-0.2, -0.15) is 0 Å². The molecule has 0 unspecified atom stereocenters. The van der Waals surface area contributed by atoms with Crippen LogP contribution in [0.25, 0.3) is 11.1 Å². The van der Waals surface area contributed by atoms with Crippen molar-refractivity contribution in [3.63, 3.8) is 0 Å². The van der Waals surface area contributed by atoms with Crippen LogP contribution in [0.5, 0.6) is 0 Å². The van der Waals surface area contributed by atoms with Crippen molar-refractivity contribution < 1.29 is 8.78 Å². The molecule has 0 atom stereocenters. The van der Waals surface area contributed by atoms with Crippen molar-refractivity contribution in [3.05, 3.63) is 58.1 Å². The summed E-state index contributed by atoms with van der Waals surface area (Å²) in [6, 6.07) is 9.64. The van der Waals surface area contributed by atoms with Crippen molar-refractivity contribution in [2.24, 2.45) is 0 Å². The minimum atomic E-state index is -0.461. The summed E-state index contributed by atoms with van der Waals surface area (Å²) in [4.78, 5) is 0. The van der Waals surface area contributed by atoms with Gasteiger partial charge in [-0.05, 0) is 40.5 Å². The fourth-order valence-corrected chi connectivity index (χ4v) is 1.79. The van der Waals surface area contributed by atoms with E-state index in [1.54, 1.807) is 12.1 Å². The van der Waals surface area contributed by atoms with E-state index >= 15 is 0 Å². The van der Waals surface area contributed by atoms with Gasteiger partial charge in [-0.3, -0.25) is 0 Å². The molecule has 0 aliphatic carbocycles. The Bertz CT molecular complexity index is 518. The molecule has 0 saturated carbocycles. The normalized spacial score (nSPS) is 10.5. The first-order valence-corrected chi connectivity index (χ1v) is 5.59. The average molecular weight is 283 g/mol. The number of hydrogen-bond acceptors (Lipinski definition) is 0. The molecule has 0 radical (unpaired) electrons. The Kier molecular flexibility index (Phi) is 3.06. The Balaban J connectivity index is 2.56. The van der Waals surface area contributed by atoms with Gasteiger partial charge in [0, 0.05) is 5.56 Å². The van der Waals surface area contributed by atoms with Crippen LogP contribution in [0.15, 0.2) is 40.9 Å². The maximum absolute atomic E-state index is 13.6. The third-order valence-electron chi connectivity index (χ3n) is 2.37. The minimum Gasteiger partial charge on any atom is -0.206 e. The van der Waals surface area contributed by atoms with Crippen LogP contribution in [0.1, 0.15) is 5.56 Å². The van der Waals surface area contributed by atoms with Crippen molar-refractivity contribution in [1.82, 2.24) is 0 Å². The maximum Gasteiger partial charge on any atom is 0.138 e. The first kappa shape index (κ1) is 11.3. The summed E-state index contributed by atoms with van der Waals surface area (Å²) in [5, 5.41) is 0. The molecule has 2 aromatic rings. The Morgan fingerprint density at radius 2 is 1.56 bits per heavy atom. The van der Waals surface area contributed by atoms with E-state index in [1.807, 2.05) is 19.1 Å². The van der Waals surface area contributed by atoms with Crippen molar-refractivity contribution in [1.29, 1.82) is 0 Å². The highest BCUT2D eigenvalue weighted by Gasteiger charge is 2.09. The van der Waals surface area contributed by atoms with Gasteiger partial charge in [-0.1, -0.05) is 29.8 Å². The quantitative estimate of drug-likeness (QED) is 0.665. The third kappa shape index (κ3) is 2.14. The molecule has 0 aliphatic rings. The Labute approximate surface area is 101 Å². The van der Waals surface area contributed by atoms with E-state index in [1.165, 1.54) is 6.07 Å². The molecule has 82 valence electrons. The zero-order chi connectivity index (χ0) is 11.7.